The third-order valence-electron chi connectivity index (χ3n) is 4.42. The van der Waals surface area contributed by atoms with E-state index in [2.05, 4.69) is 9.71 Å². The van der Waals surface area contributed by atoms with Gasteiger partial charge in [-0.3, -0.25) is 0 Å². The van der Waals surface area contributed by atoms with Crippen LogP contribution in [0.15, 0.2) is 60.3 Å². The average Bonchev–Trinajstić information content (AvgIpc) is 3.17. The molecule has 30 heavy (non-hydrogen) atoms. The molecule has 7 nitrogen and oxygen atoms in total. The van der Waals surface area contributed by atoms with Gasteiger partial charge in [-0.2, -0.15) is 4.72 Å². The average molecular weight is 448 g/mol. The first-order valence-electron chi connectivity index (χ1n) is 8.97. The van der Waals surface area contributed by atoms with E-state index in [9.17, 15) is 8.42 Å². The van der Waals surface area contributed by atoms with Gasteiger partial charge in [-0.1, -0.05) is 23.7 Å². The summed E-state index contributed by atoms with van der Waals surface area (Å²) in [6, 6.07) is 11.3. The molecule has 1 aromatic heterocycles. The van der Waals surface area contributed by atoms with Gasteiger partial charge in [0.05, 0.1) is 14.2 Å². The summed E-state index contributed by atoms with van der Waals surface area (Å²) in [7, 11) is 1.05. The molecule has 0 radical (unpaired) electrons. The fourth-order valence-electron chi connectivity index (χ4n) is 2.87. The second-order valence-electron chi connectivity index (χ2n) is 6.49. The molecular formula is C21H22ClN3O4S. The summed E-state index contributed by atoms with van der Waals surface area (Å²) in [6.07, 6.45) is 4.86. The lowest BCUT2D eigenvalue weighted by atomic mass is 10.1. The van der Waals surface area contributed by atoms with Crippen molar-refractivity contribution in [1.29, 1.82) is 0 Å². The van der Waals surface area contributed by atoms with Crippen LogP contribution in [0.3, 0.4) is 0 Å². The molecule has 2 aromatic carbocycles. The molecule has 3 aromatic rings. The van der Waals surface area contributed by atoms with Gasteiger partial charge in [0.2, 0.25) is 10.0 Å². The predicted octanol–water partition coefficient (Wildman–Crippen LogP) is 3.77. The summed E-state index contributed by atoms with van der Waals surface area (Å²) in [5.74, 6) is 1.60. The molecule has 0 saturated heterocycles. The molecular weight excluding hydrogens is 426 g/mol. The third-order valence-corrected chi connectivity index (χ3v) is 5.73. The molecule has 1 unspecified atom stereocenters. The number of hydrogen-bond acceptors (Lipinski definition) is 5. The van der Waals surface area contributed by atoms with Crippen LogP contribution in [0.4, 0.5) is 0 Å². The van der Waals surface area contributed by atoms with E-state index in [1.54, 1.807) is 66.5 Å². The summed E-state index contributed by atoms with van der Waals surface area (Å²) in [5, 5.41) is 1.69. The Bertz CT molecular complexity index is 1120. The zero-order valence-electron chi connectivity index (χ0n) is 16.7. The van der Waals surface area contributed by atoms with Crippen molar-refractivity contribution in [3.63, 3.8) is 0 Å². The Morgan fingerprint density at radius 3 is 2.27 bits per heavy atom. The van der Waals surface area contributed by atoms with E-state index in [1.165, 1.54) is 20.3 Å². The van der Waals surface area contributed by atoms with Crippen molar-refractivity contribution >= 4 is 27.7 Å². The molecule has 0 fully saturated rings. The summed E-state index contributed by atoms with van der Waals surface area (Å²) in [6.45, 7) is 0. The molecule has 3 rings (SSSR count). The quantitative estimate of drug-likeness (QED) is 0.568. The monoisotopic (exact) mass is 447 g/mol. The van der Waals surface area contributed by atoms with E-state index in [0.29, 0.717) is 33.5 Å². The molecule has 1 atom stereocenters. The van der Waals surface area contributed by atoms with Gasteiger partial charge in [-0.05, 0) is 41.5 Å². The second kappa shape index (κ2) is 9.34. The predicted molar refractivity (Wildman–Crippen MR) is 117 cm³/mol. The van der Waals surface area contributed by atoms with Crippen molar-refractivity contribution < 1.29 is 17.9 Å². The molecule has 0 aliphatic carbocycles. The van der Waals surface area contributed by atoms with Gasteiger partial charge in [-0.25, -0.2) is 13.4 Å². The Hall–Kier alpha value is -2.81. The van der Waals surface area contributed by atoms with E-state index >= 15 is 0 Å². The fraction of sp³-hybridized carbons (Fsp3) is 0.190. The lowest BCUT2D eigenvalue weighted by Crippen LogP contribution is -2.29. The number of halogens is 1. The van der Waals surface area contributed by atoms with Crippen molar-refractivity contribution in [2.24, 2.45) is 7.05 Å². The number of ether oxygens (including phenoxy) is 2. The Morgan fingerprint density at radius 1 is 1.10 bits per heavy atom. The van der Waals surface area contributed by atoms with Crippen LogP contribution in [0.25, 0.3) is 6.08 Å². The Balaban J connectivity index is 1.98. The van der Waals surface area contributed by atoms with Crippen LogP contribution in [0.5, 0.6) is 11.5 Å². The topological polar surface area (TPSA) is 82.4 Å². The smallest absolute Gasteiger partial charge is 0.234 e. The zero-order valence-corrected chi connectivity index (χ0v) is 18.3. The molecule has 1 heterocycles. The van der Waals surface area contributed by atoms with E-state index in [4.69, 9.17) is 21.1 Å². The van der Waals surface area contributed by atoms with Gasteiger partial charge < -0.3 is 14.0 Å². The van der Waals surface area contributed by atoms with Gasteiger partial charge in [0.1, 0.15) is 23.4 Å². The molecule has 9 heteroatoms. The van der Waals surface area contributed by atoms with Crippen molar-refractivity contribution in [3.05, 3.63) is 82.2 Å². The molecule has 158 valence electrons. The molecule has 0 bridgehead atoms. The number of aromatic nitrogens is 2. The number of sulfonamides is 1. The van der Waals surface area contributed by atoms with Crippen molar-refractivity contribution in [1.82, 2.24) is 14.3 Å². The van der Waals surface area contributed by atoms with Gasteiger partial charge >= 0.3 is 0 Å². The Labute approximate surface area is 181 Å². The van der Waals surface area contributed by atoms with Crippen LogP contribution < -0.4 is 14.2 Å². The molecule has 1 N–H and O–H groups in total. The van der Waals surface area contributed by atoms with Gasteiger partial charge in [0.25, 0.3) is 0 Å². The summed E-state index contributed by atoms with van der Waals surface area (Å²) in [5.41, 5.74) is 1.34. The number of benzene rings is 2. The first kappa shape index (κ1) is 21.9. The molecule has 0 aliphatic heterocycles. The number of imidazole rings is 1. The number of methoxy groups -OCH3 is 2. The maximum atomic E-state index is 12.8. The summed E-state index contributed by atoms with van der Waals surface area (Å²) < 4.78 is 40.8. The Morgan fingerprint density at radius 2 is 1.73 bits per heavy atom. The minimum Gasteiger partial charge on any atom is -0.497 e. The normalized spacial score (nSPS) is 12.8. The highest BCUT2D eigenvalue weighted by molar-refractivity contribution is 7.92. The SMILES string of the molecule is COc1cc(OC)cc(C(NS(=O)(=O)/C=C/c2ccc(Cl)cc2)c2nccn2C)c1. The van der Waals surface area contributed by atoms with Crippen molar-refractivity contribution in [2.45, 2.75) is 6.04 Å². The lowest BCUT2D eigenvalue weighted by Gasteiger charge is -2.19. The lowest BCUT2D eigenvalue weighted by molar-refractivity contribution is 0.392. The number of hydrogen-bond donors (Lipinski definition) is 1. The highest BCUT2D eigenvalue weighted by Gasteiger charge is 2.24. The van der Waals surface area contributed by atoms with Crippen LogP contribution in [0.2, 0.25) is 5.02 Å². The summed E-state index contributed by atoms with van der Waals surface area (Å²) in [4.78, 5) is 4.33. The highest BCUT2D eigenvalue weighted by Crippen LogP contribution is 2.30. The van der Waals surface area contributed by atoms with Gasteiger partial charge in [0.15, 0.2) is 0 Å². The van der Waals surface area contributed by atoms with Crippen LogP contribution in [-0.2, 0) is 17.1 Å². The highest BCUT2D eigenvalue weighted by atomic mass is 35.5. The van der Waals surface area contributed by atoms with Crippen LogP contribution in [0.1, 0.15) is 23.0 Å². The maximum Gasteiger partial charge on any atom is 0.234 e. The minimum absolute atomic E-state index is 0.522. The largest absolute Gasteiger partial charge is 0.497 e. The molecule has 0 saturated carbocycles. The molecule has 0 aliphatic rings. The van der Waals surface area contributed by atoms with Crippen LogP contribution in [0, 0.1) is 0 Å². The van der Waals surface area contributed by atoms with E-state index in [0.717, 1.165) is 5.41 Å². The standard InChI is InChI=1S/C21H22ClN3O4S/c1-25-10-9-23-21(25)20(16-12-18(28-2)14-19(13-16)29-3)24-30(26,27)11-8-15-4-6-17(22)7-5-15/h4-14,20,24H,1-3H3/b11-8+. The number of nitrogens with zero attached hydrogens (tertiary/aromatic N) is 2. The summed E-state index contributed by atoms with van der Waals surface area (Å²) >= 11 is 5.88. The van der Waals surface area contributed by atoms with E-state index < -0.39 is 16.1 Å². The zero-order chi connectivity index (χ0) is 21.7. The first-order chi connectivity index (χ1) is 14.3. The number of rotatable bonds is 8. The van der Waals surface area contributed by atoms with E-state index in [-0.39, 0.29) is 0 Å². The maximum absolute atomic E-state index is 12.8. The second-order valence-corrected chi connectivity index (χ2v) is 8.53. The van der Waals surface area contributed by atoms with E-state index in [1.807, 2.05) is 0 Å². The molecule has 0 amide bonds. The number of aryl methyl sites for hydroxylation is 1. The van der Waals surface area contributed by atoms with Gasteiger partial charge in [0, 0.05) is 35.9 Å². The van der Waals surface area contributed by atoms with Crippen LogP contribution in [-0.4, -0.2) is 32.2 Å². The third kappa shape index (κ3) is 5.41. The number of nitrogens with one attached hydrogen (secondary N) is 1. The van der Waals surface area contributed by atoms with Crippen molar-refractivity contribution in [3.8, 4) is 11.5 Å². The minimum atomic E-state index is -3.82. The molecule has 0 spiro atoms. The fourth-order valence-corrected chi connectivity index (χ4v) is 3.98. The van der Waals surface area contributed by atoms with Crippen molar-refractivity contribution in [2.75, 3.05) is 14.2 Å². The Kier molecular flexibility index (Phi) is 6.81. The first-order valence-corrected chi connectivity index (χ1v) is 10.9. The van der Waals surface area contributed by atoms with Crippen LogP contribution >= 0.6 is 11.6 Å². The van der Waals surface area contributed by atoms with Gasteiger partial charge in [-0.15, -0.1) is 0 Å².